The molecule has 0 saturated carbocycles. The first-order chi connectivity index (χ1) is 6.40. The highest BCUT2D eigenvalue weighted by molar-refractivity contribution is 5.81. The van der Waals surface area contributed by atoms with Crippen LogP contribution in [0.25, 0.3) is 0 Å². The molecule has 0 bridgehead atoms. The second-order valence-corrected chi connectivity index (χ2v) is 4.51. The Kier molecular flexibility index (Phi) is 5.77. The number of nitrogens with zero attached hydrogens (tertiary/aromatic N) is 1. The lowest BCUT2D eigenvalue weighted by Gasteiger charge is -2.27. The zero-order valence-corrected chi connectivity index (χ0v) is 10.3. The molecule has 3 heteroatoms. The van der Waals surface area contributed by atoms with Crippen molar-refractivity contribution in [3.8, 4) is 0 Å². The Hall–Kier alpha value is -0.570. The lowest BCUT2D eigenvalue weighted by Crippen LogP contribution is -2.46. The van der Waals surface area contributed by atoms with Gasteiger partial charge in [0.15, 0.2) is 0 Å². The predicted molar refractivity (Wildman–Crippen MR) is 60.2 cm³/mol. The van der Waals surface area contributed by atoms with Crippen LogP contribution in [0.5, 0.6) is 0 Å². The number of likely N-dealkylation sites (N-methyl/N-ethyl adjacent to an activating group) is 2. The Morgan fingerprint density at radius 3 is 2.07 bits per heavy atom. The van der Waals surface area contributed by atoms with Crippen LogP contribution in [0.3, 0.4) is 0 Å². The third kappa shape index (κ3) is 4.09. The van der Waals surface area contributed by atoms with Crippen molar-refractivity contribution >= 4 is 5.91 Å². The molecule has 0 fully saturated rings. The quantitative estimate of drug-likeness (QED) is 0.729. The molecule has 0 spiro atoms. The second kappa shape index (κ2) is 6.02. The third-order valence-corrected chi connectivity index (χ3v) is 2.48. The van der Waals surface area contributed by atoms with Gasteiger partial charge in [-0.2, -0.15) is 0 Å². The largest absolute Gasteiger partial charge is 0.342 e. The fraction of sp³-hybridized carbons (Fsp3) is 0.909. The molecule has 1 amide bonds. The average Bonchev–Trinajstić information content (AvgIpc) is 2.11. The van der Waals surface area contributed by atoms with Crippen molar-refractivity contribution < 1.29 is 4.79 Å². The van der Waals surface area contributed by atoms with E-state index in [4.69, 9.17) is 0 Å². The van der Waals surface area contributed by atoms with Crippen LogP contribution in [0.2, 0.25) is 0 Å². The van der Waals surface area contributed by atoms with E-state index in [9.17, 15) is 4.79 Å². The zero-order valence-electron chi connectivity index (χ0n) is 10.3. The topological polar surface area (TPSA) is 32.3 Å². The Morgan fingerprint density at radius 1 is 1.29 bits per heavy atom. The van der Waals surface area contributed by atoms with Crippen molar-refractivity contribution in [1.29, 1.82) is 0 Å². The summed E-state index contributed by atoms with van der Waals surface area (Å²) in [5.74, 6) is 0.730. The summed E-state index contributed by atoms with van der Waals surface area (Å²) in [5, 5.41) is 3.08. The van der Waals surface area contributed by atoms with Crippen LogP contribution in [0, 0.1) is 5.92 Å². The van der Waals surface area contributed by atoms with E-state index in [0.717, 1.165) is 6.42 Å². The van der Waals surface area contributed by atoms with Crippen molar-refractivity contribution in [3.63, 3.8) is 0 Å². The molecule has 0 aliphatic heterocycles. The maximum atomic E-state index is 11.9. The molecule has 0 aliphatic carbocycles. The van der Waals surface area contributed by atoms with E-state index in [0.29, 0.717) is 5.92 Å². The molecule has 14 heavy (non-hydrogen) atoms. The Balaban J connectivity index is 4.30. The number of amides is 1. The Bertz CT molecular complexity index is 178. The minimum Gasteiger partial charge on any atom is -0.342 e. The molecule has 0 aromatic heterocycles. The van der Waals surface area contributed by atoms with Gasteiger partial charge in [-0.1, -0.05) is 13.8 Å². The standard InChI is InChI=1S/C11H24N2O/c1-8(2)7-10(12-5)11(14)13(6)9(3)4/h8-10,12H,7H2,1-6H3/t10-/m0/s1. The molecule has 0 radical (unpaired) electrons. The average molecular weight is 200 g/mol. The monoisotopic (exact) mass is 200 g/mol. The van der Waals surface area contributed by atoms with Gasteiger partial charge in [0.2, 0.25) is 5.91 Å². The third-order valence-electron chi connectivity index (χ3n) is 2.48. The maximum absolute atomic E-state index is 11.9. The van der Waals surface area contributed by atoms with E-state index in [1.165, 1.54) is 0 Å². The fourth-order valence-corrected chi connectivity index (χ4v) is 1.31. The first-order valence-corrected chi connectivity index (χ1v) is 5.34. The highest BCUT2D eigenvalue weighted by atomic mass is 16.2. The molecule has 0 unspecified atom stereocenters. The smallest absolute Gasteiger partial charge is 0.239 e. The van der Waals surface area contributed by atoms with Crippen LogP contribution in [0.1, 0.15) is 34.1 Å². The fourth-order valence-electron chi connectivity index (χ4n) is 1.31. The molecule has 84 valence electrons. The van der Waals surface area contributed by atoms with Gasteiger partial charge in [-0.15, -0.1) is 0 Å². The summed E-state index contributed by atoms with van der Waals surface area (Å²) in [4.78, 5) is 13.7. The van der Waals surface area contributed by atoms with E-state index >= 15 is 0 Å². The lowest BCUT2D eigenvalue weighted by molar-refractivity contribution is -0.133. The molecule has 0 aliphatic rings. The molecular weight excluding hydrogens is 176 g/mol. The second-order valence-electron chi connectivity index (χ2n) is 4.51. The van der Waals surface area contributed by atoms with Crippen LogP contribution >= 0.6 is 0 Å². The summed E-state index contributed by atoms with van der Waals surface area (Å²) in [6.45, 7) is 8.32. The molecule has 0 aromatic rings. The molecule has 0 heterocycles. The minimum atomic E-state index is -0.0394. The number of rotatable bonds is 5. The minimum absolute atomic E-state index is 0.0394. The van der Waals surface area contributed by atoms with Crippen LogP contribution in [0.4, 0.5) is 0 Å². The van der Waals surface area contributed by atoms with Gasteiger partial charge in [-0.05, 0) is 33.2 Å². The molecule has 1 N–H and O–H groups in total. The summed E-state index contributed by atoms with van der Waals surface area (Å²) in [7, 11) is 3.71. The Morgan fingerprint density at radius 2 is 1.79 bits per heavy atom. The summed E-state index contributed by atoms with van der Waals surface area (Å²) < 4.78 is 0. The van der Waals surface area contributed by atoms with E-state index in [2.05, 4.69) is 19.2 Å². The van der Waals surface area contributed by atoms with Crippen molar-refractivity contribution in [2.75, 3.05) is 14.1 Å². The van der Waals surface area contributed by atoms with E-state index in [-0.39, 0.29) is 18.0 Å². The van der Waals surface area contributed by atoms with Gasteiger partial charge in [-0.3, -0.25) is 4.79 Å². The SMILES string of the molecule is CN[C@@H](CC(C)C)C(=O)N(C)C(C)C. The summed E-state index contributed by atoms with van der Waals surface area (Å²) in [5.41, 5.74) is 0. The van der Waals surface area contributed by atoms with Crippen LogP contribution < -0.4 is 5.32 Å². The van der Waals surface area contributed by atoms with Gasteiger partial charge >= 0.3 is 0 Å². The van der Waals surface area contributed by atoms with Gasteiger partial charge in [-0.25, -0.2) is 0 Å². The number of carbonyl (C=O) groups is 1. The molecule has 1 atom stereocenters. The highest BCUT2D eigenvalue weighted by Gasteiger charge is 2.22. The number of hydrogen-bond acceptors (Lipinski definition) is 2. The maximum Gasteiger partial charge on any atom is 0.239 e. The van der Waals surface area contributed by atoms with Crippen LogP contribution in [-0.4, -0.2) is 37.0 Å². The van der Waals surface area contributed by atoms with Gasteiger partial charge in [0.1, 0.15) is 0 Å². The van der Waals surface area contributed by atoms with E-state index in [1.54, 1.807) is 4.90 Å². The van der Waals surface area contributed by atoms with Crippen LogP contribution in [0.15, 0.2) is 0 Å². The molecule has 0 saturated heterocycles. The first kappa shape index (κ1) is 13.4. The highest BCUT2D eigenvalue weighted by Crippen LogP contribution is 2.08. The van der Waals surface area contributed by atoms with Crippen molar-refractivity contribution in [3.05, 3.63) is 0 Å². The molecular formula is C11H24N2O. The van der Waals surface area contributed by atoms with Crippen LogP contribution in [-0.2, 0) is 4.79 Å². The number of nitrogens with one attached hydrogen (secondary N) is 1. The summed E-state index contributed by atoms with van der Waals surface area (Å²) in [6.07, 6.45) is 0.895. The normalized spacial score (nSPS) is 13.4. The van der Waals surface area contributed by atoms with E-state index in [1.807, 2.05) is 27.9 Å². The van der Waals surface area contributed by atoms with Crippen molar-refractivity contribution in [2.24, 2.45) is 5.92 Å². The number of carbonyl (C=O) groups excluding carboxylic acids is 1. The summed E-state index contributed by atoms with van der Waals surface area (Å²) >= 11 is 0. The number of hydrogen-bond donors (Lipinski definition) is 1. The first-order valence-electron chi connectivity index (χ1n) is 5.34. The van der Waals surface area contributed by atoms with Gasteiger partial charge in [0, 0.05) is 13.1 Å². The molecule has 0 aromatic carbocycles. The van der Waals surface area contributed by atoms with Gasteiger partial charge in [0.25, 0.3) is 0 Å². The van der Waals surface area contributed by atoms with E-state index < -0.39 is 0 Å². The Labute approximate surface area is 87.9 Å². The summed E-state index contributed by atoms with van der Waals surface area (Å²) in [6, 6.07) is 0.230. The van der Waals surface area contributed by atoms with Crippen molar-refractivity contribution in [2.45, 2.75) is 46.2 Å². The molecule has 3 nitrogen and oxygen atoms in total. The van der Waals surface area contributed by atoms with Crippen molar-refractivity contribution in [1.82, 2.24) is 10.2 Å². The molecule has 0 rings (SSSR count). The van der Waals surface area contributed by atoms with Gasteiger partial charge in [0.05, 0.1) is 6.04 Å². The van der Waals surface area contributed by atoms with Gasteiger partial charge < -0.3 is 10.2 Å². The zero-order chi connectivity index (χ0) is 11.3. The predicted octanol–water partition coefficient (Wildman–Crippen LogP) is 1.49. The lowest BCUT2D eigenvalue weighted by atomic mass is 10.0.